The number of aliphatic hydroxyl groups is 1. The minimum atomic E-state index is -0.493. The first kappa shape index (κ1) is 13.9. The van der Waals surface area contributed by atoms with Gasteiger partial charge in [-0.3, -0.25) is 0 Å². The van der Waals surface area contributed by atoms with Crippen LogP contribution in [0.4, 0.5) is 0 Å². The van der Waals surface area contributed by atoms with Crippen molar-refractivity contribution in [2.24, 2.45) is 0 Å². The Morgan fingerprint density at radius 1 is 1.10 bits per heavy atom. The predicted octanol–water partition coefficient (Wildman–Crippen LogP) is 4.97. The lowest BCUT2D eigenvalue weighted by Crippen LogP contribution is -2.00. The number of halogens is 2. The van der Waals surface area contributed by atoms with E-state index in [2.05, 4.69) is 42.9 Å². The molecule has 0 aliphatic carbocycles. The molecule has 3 aromatic rings. The van der Waals surface area contributed by atoms with Crippen molar-refractivity contribution in [3.05, 3.63) is 68.7 Å². The highest BCUT2D eigenvalue weighted by atomic mass is 79.9. The van der Waals surface area contributed by atoms with Crippen molar-refractivity contribution in [1.82, 2.24) is 4.98 Å². The number of hydrogen-bond acceptors (Lipinski definition) is 1. The number of benzene rings is 2. The third-order valence-corrected chi connectivity index (χ3v) is 4.47. The van der Waals surface area contributed by atoms with E-state index in [4.69, 9.17) is 0 Å². The Bertz CT molecular complexity index is 737. The van der Waals surface area contributed by atoms with Gasteiger partial charge in [-0.05, 0) is 39.2 Å². The lowest BCUT2D eigenvalue weighted by atomic mass is 10.0. The SMILES string of the molecule is OC(Cc1c[nH]c2c(Br)cc(Br)cc12)c1ccccc1. The molecule has 4 heteroatoms. The number of aromatic amines is 1. The summed E-state index contributed by atoms with van der Waals surface area (Å²) in [6.07, 6.45) is 2.06. The molecule has 2 aromatic carbocycles. The zero-order valence-corrected chi connectivity index (χ0v) is 13.8. The van der Waals surface area contributed by atoms with E-state index >= 15 is 0 Å². The van der Waals surface area contributed by atoms with Crippen LogP contribution in [-0.4, -0.2) is 10.1 Å². The van der Waals surface area contributed by atoms with Gasteiger partial charge in [-0.1, -0.05) is 46.3 Å². The maximum atomic E-state index is 10.4. The Labute approximate surface area is 134 Å². The molecule has 0 aliphatic heterocycles. The molecule has 0 aliphatic rings. The molecule has 1 atom stereocenters. The summed E-state index contributed by atoms with van der Waals surface area (Å²) in [5, 5.41) is 11.5. The highest BCUT2D eigenvalue weighted by molar-refractivity contribution is 9.11. The van der Waals surface area contributed by atoms with Crippen molar-refractivity contribution in [2.45, 2.75) is 12.5 Å². The van der Waals surface area contributed by atoms with E-state index in [0.29, 0.717) is 6.42 Å². The molecular weight excluding hydrogens is 382 g/mol. The Kier molecular flexibility index (Phi) is 3.96. The molecule has 2 nitrogen and oxygen atoms in total. The zero-order chi connectivity index (χ0) is 14.1. The van der Waals surface area contributed by atoms with E-state index in [-0.39, 0.29) is 0 Å². The van der Waals surface area contributed by atoms with Crippen LogP contribution in [0.3, 0.4) is 0 Å². The van der Waals surface area contributed by atoms with Crippen molar-refractivity contribution in [2.75, 3.05) is 0 Å². The molecule has 0 spiro atoms. The largest absolute Gasteiger partial charge is 0.388 e. The number of aromatic nitrogens is 1. The molecule has 1 aromatic heterocycles. The second-order valence-corrected chi connectivity index (χ2v) is 6.52. The number of hydrogen-bond donors (Lipinski definition) is 2. The van der Waals surface area contributed by atoms with E-state index < -0.39 is 6.10 Å². The quantitative estimate of drug-likeness (QED) is 0.646. The van der Waals surface area contributed by atoms with Crippen molar-refractivity contribution in [3.8, 4) is 0 Å². The molecular formula is C16H13Br2NO. The Hall–Kier alpha value is -1.10. The van der Waals surface area contributed by atoms with Gasteiger partial charge in [0.1, 0.15) is 0 Å². The minimum absolute atomic E-state index is 0.493. The third-order valence-electron chi connectivity index (χ3n) is 3.39. The van der Waals surface area contributed by atoms with Gasteiger partial charge in [-0.15, -0.1) is 0 Å². The van der Waals surface area contributed by atoms with Crippen LogP contribution in [-0.2, 0) is 6.42 Å². The standard InChI is InChI=1S/C16H13Br2NO/c17-12-7-13-11(9-19-16(13)14(18)8-12)6-15(20)10-4-2-1-3-5-10/h1-5,7-9,15,19-20H,6H2. The van der Waals surface area contributed by atoms with Crippen molar-refractivity contribution >= 4 is 42.8 Å². The Balaban J connectivity index is 1.95. The fourth-order valence-corrected chi connectivity index (χ4v) is 3.72. The van der Waals surface area contributed by atoms with Gasteiger partial charge in [-0.2, -0.15) is 0 Å². The molecule has 1 heterocycles. The fraction of sp³-hybridized carbons (Fsp3) is 0.125. The summed E-state index contributed by atoms with van der Waals surface area (Å²) in [5.74, 6) is 0. The topological polar surface area (TPSA) is 36.0 Å². The van der Waals surface area contributed by atoms with E-state index in [0.717, 1.165) is 31.0 Å². The number of aliphatic hydroxyl groups excluding tert-OH is 1. The summed E-state index contributed by atoms with van der Waals surface area (Å²) in [6.45, 7) is 0. The molecule has 2 N–H and O–H groups in total. The number of nitrogens with one attached hydrogen (secondary N) is 1. The first-order valence-electron chi connectivity index (χ1n) is 6.33. The van der Waals surface area contributed by atoms with Gasteiger partial charge in [-0.25, -0.2) is 0 Å². The summed E-state index contributed by atoms with van der Waals surface area (Å²) < 4.78 is 2.04. The lowest BCUT2D eigenvalue weighted by Gasteiger charge is -2.10. The highest BCUT2D eigenvalue weighted by Crippen LogP contribution is 2.32. The molecule has 20 heavy (non-hydrogen) atoms. The maximum absolute atomic E-state index is 10.4. The van der Waals surface area contributed by atoms with E-state index in [1.54, 1.807) is 0 Å². The van der Waals surface area contributed by atoms with Crippen LogP contribution in [0.15, 0.2) is 57.6 Å². The van der Waals surface area contributed by atoms with Crippen LogP contribution in [0.1, 0.15) is 17.2 Å². The van der Waals surface area contributed by atoms with E-state index in [1.807, 2.05) is 42.6 Å². The molecule has 0 saturated heterocycles. The van der Waals surface area contributed by atoms with Crippen molar-refractivity contribution in [1.29, 1.82) is 0 Å². The second kappa shape index (κ2) is 5.72. The average molecular weight is 395 g/mol. The lowest BCUT2D eigenvalue weighted by molar-refractivity contribution is 0.179. The third kappa shape index (κ3) is 2.68. The van der Waals surface area contributed by atoms with Crippen LogP contribution in [0.2, 0.25) is 0 Å². The number of rotatable bonds is 3. The van der Waals surface area contributed by atoms with Crippen molar-refractivity contribution < 1.29 is 5.11 Å². The molecule has 0 radical (unpaired) electrons. The monoisotopic (exact) mass is 393 g/mol. The minimum Gasteiger partial charge on any atom is -0.388 e. The van der Waals surface area contributed by atoms with E-state index in [1.165, 1.54) is 0 Å². The maximum Gasteiger partial charge on any atom is 0.0831 e. The summed E-state index contributed by atoms with van der Waals surface area (Å²) in [7, 11) is 0. The van der Waals surface area contributed by atoms with Gasteiger partial charge in [0.15, 0.2) is 0 Å². The normalized spacial score (nSPS) is 12.8. The van der Waals surface area contributed by atoms with Crippen LogP contribution in [0.5, 0.6) is 0 Å². The van der Waals surface area contributed by atoms with Crippen LogP contribution < -0.4 is 0 Å². The van der Waals surface area contributed by atoms with E-state index in [9.17, 15) is 5.11 Å². The first-order chi connectivity index (χ1) is 9.65. The predicted molar refractivity (Wildman–Crippen MR) is 88.8 cm³/mol. The van der Waals surface area contributed by atoms with Crippen LogP contribution >= 0.6 is 31.9 Å². The number of fused-ring (bicyclic) bond motifs is 1. The molecule has 0 amide bonds. The first-order valence-corrected chi connectivity index (χ1v) is 7.92. The van der Waals surface area contributed by atoms with Gasteiger partial charge >= 0.3 is 0 Å². The second-order valence-electron chi connectivity index (χ2n) is 4.75. The zero-order valence-electron chi connectivity index (χ0n) is 10.6. The number of H-pyrrole nitrogens is 1. The Morgan fingerprint density at radius 2 is 1.85 bits per heavy atom. The van der Waals surface area contributed by atoms with Gasteiger partial charge in [0.05, 0.1) is 11.6 Å². The molecule has 1 unspecified atom stereocenters. The van der Waals surface area contributed by atoms with Gasteiger partial charge in [0.2, 0.25) is 0 Å². The summed E-state index contributed by atoms with van der Waals surface area (Å²) >= 11 is 7.06. The summed E-state index contributed by atoms with van der Waals surface area (Å²) in [5.41, 5.74) is 3.11. The highest BCUT2D eigenvalue weighted by Gasteiger charge is 2.13. The average Bonchev–Trinajstić information content (AvgIpc) is 2.83. The van der Waals surface area contributed by atoms with Gasteiger partial charge in [0, 0.05) is 26.9 Å². The van der Waals surface area contributed by atoms with Gasteiger partial charge < -0.3 is 10.1 Å². The molecule has 0 saturated carbocycles. The summed E-state index contributed by atoms with van der Waals surface area (Å²) in [4.78, 5) is 3.26. The van der Waals surface area contributed by atoms with Crippen LogP contribution in [0.25, 0.3) is 10.9 Å². The smallest absolute Gasteiger partial charge is 0.0831 e. The fourth-order valence-electron chi connectivity index (χ4n) is 2.38. The Morgan fingerprint density at radius 3 is 2.60 bits per heavy atom. The molecule has 0 bridgehead atoms. The summed E-state index contributed by atoms with van der Waals surface area (Å²) in [6, 6.07) is 13.8. The molecule has 0 fully saturated rings. The molecule has 102 valence electrons. The van der Waals surface area contributed by atoms with Crippen LogP contribution in [0, 0.1) is 0 Å². The van der Waals surface area contributed by atoms with Gasteiger partial charge in [0.25, 0.3) is 0 Å². The van der Waals surface area contributed by atoms with Crippen molar-refractivity contribution in [3.63, 3.8) is 0 Å². The molecule has 3 rings (SSSR count).